The van der Waals surface area contributed by atoms with Gasteiger partial charge in [-0.15, -0.1) is 0 Å². The summed E-state index contributed by atoms with van der Waals surface area (Å²) in [5.74, 6) is 0. The number of thioether (sulfide) groups is 1. The van der Waals surface area contributed by atoms with Crippen molar-refractivity contribution in [1.82, 2.24) is 4.98 Å². The summed E-state index contributed by atoms with van der Waals surface area (Å²) >= 11 is 1.09. The highest BCUT2D eigenvalue weighted by atomic mass is 32.2. The van der Waals surface area contributed by atoms with E-state index in [1.54, 1.807) is 0 Å². The van der Waals surface area contributed by atoms with Gasteiger partial charge < -0.3 is 5.32 Å². The fraction of sp³-hybridized carbons (Fsp3) is 0.300. The summed E-state index contributed by atoms with van der Waals surface area (Å²) in [6.07, 6.45) is 1.49. The quantitative estimate of drug-likeness (QED) is 0.768. The maximum atomic E-state index is 11.2. The van der Waals surface area contributed by atoms with Gasteiger partial charge in [0.2, 0.25) is 5.12 Å². The maximum Gasteiger partial charge on any atom is 0.214 e. The van der Waals surface area contributed by atoms with E-state index in [-0.39, 0.29) is 5.12 Å². The molecule has 1 N–H and O–H groups in total. The molecular formula is C10H10N2O2S. The topological polar surface area (TPSA) is 59.1 Å². The molecule has 0 saturated heterocycles. The molecule has 78 valence electrons. The number of fused-ring (bicyclic) bond motifs is 1. The summed E-state index contributed by atoms with van der Waals surface area (Å²) in [6, 6.07) is 1.89. The van der Waals surface area contributed by atoms with Crippen molar-refractivity contribution in [1.29, 1.82) is 0 Å². The van der Waals surface area contributed by atoms with Crippen LogP contribution >= 0.6 is 11.8 Å². The molecule has 4 nitrogen and oxygen atoms in total. The van der Waals surface area contributed by atoms with Crippen molar-refractivity contribution in [2.75, 3.05) is 11.9 Å². The first-order valence-corrected chi connectivity index (χ1v) is 5.50. The van der Waals surface area contributed by atoms with E-state index in [2.05, 4.69) is 10.3 Å². The van der Waals surface area contributed by atoms with E-state index >= 15 is 0 Å². The lowest BCUT2D eigenvalue weighted by Gasteiger charge is -2.16. The van der Waals surface area contributed by atoms with Gasteiger partial charge in [-0.3, -0.25) is 9.59 Å². The second kappa shape index (κ2) is 4.02. The Morgan fingerprint density at radius 1 is 1.67 bits per heavy atom. The molecular weight excluding hydrogens is 212 g/mol. The normalized spacial score (nSPS) is 14.3. The third-order valence-electron chi connectivity index (χ3n) is 2.23. The van der Waals surface area contributed by atoms with Crippen molar-refractivity contribution >= 4 is 28.9 Å². The minimum atomic E-state index is 0.0242. The summed E-state index contributed by atoms with van der Waals surface area (Å²) in [4.78, 5) is 26.1. The van der Waals surface area contributed by atoms with Crippen LogP contribution in [0.4, 0.5) is 5.69 Å². The number of carbonyl (C=O) groups excluding carboxylic acids is 2. The smallest absolute Gasteiger partial charge is 0.214 e. The molecule has 0 aromatic carbocycles. The summed E-state index contributed by atoms with van der Waals surface area (Å²) in [5, 5.41) is 3.62. The molecule has 0 atom stereocenters. The Morgan fingerprint density at radius 2 is 2.47 bits per heavy atom. The standard InChI is InChI=1S/C10H10N2O2S/c1-2-6-3-7-10(12-8(6)5-13)15-9(14)4-11-7/h3,5,11H,2,4H2,1H3. The number of aldehydes is 1. The zero-order chi connectivity index (χ0) is 10.8. The van der Waals surface area contributed by atoms with Crippen molar-refractivity contribution in [3.8, 4) is 0 Å². The Labute approximate surface area is 91.5 Å². The van der Waals surface area contributed by atoms with E-state index in [1.165, 1.54) is 0 Å². The molecule has 1 aliphatic rings. The molecule has 1 aromatic heterocycles. The zero-order valence-electron chi connectivity index (χ0n) is 8.24. The Balaban J connectivity index is 2.49. The molecule has 0 unspecified atom stereocenters. The number of aryl methyl sites for hydroxylation is 1. The first-order chi connectivity index (χ1) is 7.24. The van der Waals surface area contributed by atoms with Gasteiger partial charge in [0.25, 0.3) is 0 Å². The van der Waals surface area contributed by atoms with Gasteiger partial charge in [0.1, 0.15) is 10.7 Å². The number of pyridine rings is 1. The minimum absolute atomic E-state index is 0.0242. The third kappa shape index (κ3) is 1.87. The highest BCUT2D eigenvalue weighted by Crippen LogP contribution is 2.31. The Bertz CT molecular complexity index is 432. The van der Waals surface area contributed by atoms with Gasteiger partial charge in [-0.1, -0.05) is 6.92 Å². The van der Waals surface area contributed by atoms with E-state index in [9.17, 15) is 9.59 Å². The van der Waals surface area contributed by atoms with Crippen LogP contribution in [0.5, 0.6) is 0 Å². The van der Waals surface area contributed by atoms with E-state index in [4.69, 9.17) is 0 Å². The lowest BCUT2D eigenvalue weighted by Crippen LogP contribution is -2.17. The predicted molar refractivity (Wildman–Crippen MR) is 58.4 cm³/mol. The van der Waals surface area contributed by atoms with Crippen molar-refractivity contribution in [3.05, 3.63) is 17.3 Å². The summed E-state index contributed by atoms with van der Waals surface area (Å²) < 4.78 is 0. The fourth-order valence-corrected chi connectivity index (χ4v) is 2.20. The highest BCUT2D eigenvalue weighted by Gasteiger charge is 2.19. The van der Waals surface area contributed by atoms with Gasteiger partial charge in [0.05, 0.1) is 12.2 Å². The number of carbonyl (C=O) groups is 2. The van der Waals surface area contributed by atoms with Crippen molar-refractivity contribution in [3.63, 3.8) is 0 Å². The second-order valence-electron chi connectivity index (χ2n) is 3.18. The summed E-state index contributed by atoms with van der Waals surface area (Å²) in [5.41, 5.74) is 2.19. The van der Waals surface area contributed by atoms with E-state index < -0.39 is 0 Å². The van der Waals surface area contributed by atoms with Crippen LogP contribution in [-0.2, 0) is 11.2 Å². The molecule has 0 fully saturated rings. The van der Waals surface area contributed by atoms with Crippen LogP contribution in [-0.4, -0.2) is 22.9 Å². The molecule has 0 amide bonds. The summed E-state index contributed by atoms with van der Waals surface area (Å²) in [7, 11) is 0. The van der Waals surface area contributed by atoms with Gasteiger partial charge in [0.15, 0.2) is 6.29 Å². The zero-order valence-corrected chi connectivity index (χ0v) is 9.06. The Kier molecular flexibility index (Phi) is 2.73. The van der Waals surface area contributed by atoms with Gasteiger partial charge in [-0.05, 0) is 29.8 Å². The van der Waals surface area contributed by atoms with Gasteiger partial charge in [-0.25, -0.2) is 4.98 Å². The SMILES string of the molecule is CCc1cc2c(nc1C=O)SC(=O)CN2. The lowest BCUT2D eigenvalue weighted by molar-refractivity contribution is -0.109. The molecule has 0 aliphatic carbocycles. The molecule has 0 spiro atoms. The first kappa shape index (κ1) is 10.2. The van der Waals surface area contributed by atoms with E-state index in [0.717, 1.165) is 35.7 Å². The number of anilines is 1. The number of rotatable bonds is 2. The molecule has 0 radical (unpaired) electrons. The first-order valence-electron chi connectivity index (χ1n) is 4.68. The van der Waals surface area contributed by atoms with Crippen LogP contribution in [0.2, 0.25) is 0 Å². The predicted octanol–water partition coefficient (Wildman–Crippen LogP) is 1.50. The third-order valence-corrected chi connectivity index (χ3v) is 3.10. The van der Waals surface area contributed by atoms with Gasteiger partial charge in [-0.2, -0.15) is 0 Å². The van der Waals surface area contributed by atoms with Crippen LogP contribution in [0.15, 0.2) is 11.1 Å². The van der Waals surface area contributed by atoms with Gasteiger partial charge in [0, 0.05) is 0 Å². The Hall–Kier alpha value is -1.36. The molecule has 1 aromatic rings. The monoisotopic (exact) mass is 222 g/mol. The van der Waals surface area contributed by atoms with Crippen LogP contribution in [0, 0.1) is 0 Å². The average Bonchev–Trinajstić information content (AvgIpc) is 2.27. The maximum absolute atomic E-state index is 11.2. The molecule has 0 saturated carbocycles. The number of hydrogen-bond donors (Lipinski definition) is 1. The summed E-state index contributed by atoms with van der Waals surface area (Å²) in [6.45, 7) is 2.29. The van der Waals surface area contributed by atoms with Crippen LogP contribution < -0.4 is 5.32 Å². The number of hydrogen-bond acceptors (Lipinski definition) is 5. The minimum Gasteiger partial charge on any atom is -0.375 e. The van der Waals surface area contributed by atoms with Gasteiger partial charge >= 0.3 is 0 Å². The van der Waals surface area contributed by atoms with E-state index in [0.29, 0.717) is 17.3 Å². The molecule has 15 heavy (non-hydrogen) atoms. The number of nitrogens with zero attached hydrogens (tertiary/aromatic N) is 1. The largest absolute Gasteiger partial charge is 0.375 e. The molecule has 5 heteroatoms. The van der Waals surface area contributed by atoms with E-state index in [1.807, 2.05) is 13.0 Å². The van der Waals surface area contributed by atoms with Crippen molar-refractivity contribution in [2.45, 2.75) is 18.4 Å². The molecule has 2 rings (SSSR count). The fourth-order valence-electron chi connectivity index (χ4n) is 1.45. The van der Waals surface area contributed by atoms with Crippen LogP contribution in [0.1, 0.15) is 23.0 Å². The molecule has 1 aliphatic heterocycles. The number of aromatic nitrogens is 1. The lowest BCUT2D eigenvalue weighted by atomic mass is 10.1. The Morgan fingerprint density at radius 3 is 3.13 bits per heavy atom. The van der Waals surface area contributed by atoms with Crippen LogP contribution in [0.3, 0.4) is 0 Å². The highest BCUT2D eigenvalue weighted by molar-refractivity contribution is 8.13. The van der Waals surface area contributed by atoms with Crippen molar-refractivity contribution in [2.24, 2.45) is 0 Å². The average molecular weight is 222 g/mol. The van der Waals surface area contributed by atoms with Crippen molar-refractivity contribution < 1.29 is 9.59 Å². The molecule has 0 bridgehead atoms. The number of nitrogens with one attached hydrogen (secondary N) is 1. The van der Waals surface area contributed by atoms with Crippen LogP contribution in [0.25, 0.3) is 0 Å². The second-order valence-corrected chi connectivity index (χ2v) is 4.23. The molecule has 2 heterocycles.